The number of benzene rings is 2. The van der Waals surface area contributed by atoms with Gasteiger partial charge in [0.2, 0.25) is 5.91 Å². The molecule has 2 aromatic heterocycles. The third kappa shape index (κ3) is 3.08. The molecule has 0 aliphatic heterocycles. The van der Waals surface area contributed by atoms with Crippen molar-refractivity contribution in [2.24, 2.45) is 0 Å². The molecule has 4 aromatic rings. The van der Waals surface area contributed by atoms with Gasteiger partial charge in [0, 0.05) is 31.2 Å². The van der Waals surface area contributed by atoms with Gasteiger partial charge < -0.3 is 14.5 Å². The molecule has 2 aromatic carbocycles. The van der Waals surface area contributed by atoms with Gasteiger partial charge in [-0.2, -0.15) is 0 Å². The summed E-state index contributed by atoms with van der Waals surface area (Å²) in [6.07, 6.45) is 2.49. The van der Waals surface area contributed by atoms with Crippen molar-refractivity contribution >= 4 is 27.8 Å². The Morgan fingerprint density at radius 2 is 1.81 bits per heavy atom. The van der Waals surface area contributed by atoms with Gasteiger partial charge in [0.15, 0.2) is 0 Å². The fourth-order valence-electron chi connectivity index (χ4n) is 3.44. The normalized spacial score (nSPS) is 11.3. The first kappa shape index (κ1) is 16.4. The summed E-state index contributed by atoms with van der Waals surface area (Å²) in [7, 11) is 0. The third-order valence-electron chi connectivity index (χ3n) is 4.75. The Morgan fingerprint density at radius 1 is 1.04 bits per heavy atom. The molecule has 0 radical (unpaired) electrons. The van der Waals surface area contributed by atoms with E-state index >= 15 is 0 Å². The van der Waals surface area contributed by atoms with Gasteiger partial charge in [-0.15, -0.1) is 0 Å². The first-order valence-corrected chi connectivity index (χ1v) is 9.01. The Morgan fingerprint density at radius 3 is 2.65 bits per heavy atom. The smallest absolute Gasteiger partial charge is 0.222 e. The van der Waals surface area contributed by atoms with Gasteiger partial charge in [0.05, 0.1) is 17.6 Å². The number of carbonyl (C=O) groups is 1. The summed E-state index contributed by atoms with van der Waals surface area (Å²) in [5.74, 6) is 0.936. The van der Waals surface area contributed by atoms with E-state index in [1.165, 1.54) is 5.39 Å². The predicted octanol–water partition coefficient (Wildman–Crippen LogP) is 3.72. The SMILES string of the molecule is CCn1c(CNC(=O)CCn2ccc3ccccc32)nc2ccccc21. The lowest BCUT2D eigenvalue weighted by atomic mass is 10.2. The van der Waals surface area contributed by atoms with Crippen molar-refractivity contribution in [1.82, 2.24) is 19.4 Å². The number of para-hydroxylation sites is 3. The van der Waals surface area contributed by atoms with E-state index in [0.717, 1.165) is 28.9 Å². The summed E-state index contributed by atoms with van der Waals surface area (Å²) >= 11 is 0. The van der Waals surface area contributed by atoms with Crippen LogP contribution in [0.1, 0.15) is 19.2 Å². The van der Waals surface area contributed by atoms with Gasteiger partial charge in [-0.25, -0.2) is 4.98 Å². The van der Waals surface area contributed by atoms with Crippen molar-refractivity contribution in [2.45, 2.75) is 33.0 Å². The molecule has 1 N–H and O–H groups in total. The summed E-state index contributed by atoms with van der Waals surface area (Å²) in [5.41, 5.74) is 3.24. The van der Waals surface area contributed by atoms with E-state index in [1.807, 2.05) is 36.5 Å². The lowest BCUT2D eigenvalue weighted by Crippen LogP contribution is -2.25. The Hall–Kier alpha value is -3.08. The van der Waals surface area contributed by atoms with Crippen LogP contribution in [0.15, 0.2) is 60.8 Å². The molecule has 0 saturated heterocycles. The zero-order valence-corrected chi connectivity index (χ0v) is 14.9. The van der Waals surface area contributed by atoms with Crippen molar-refractivity contribution in [3.05, 3.63) is 66.6 Å². The molecule has 0 aliphatic rings. The molecule has 4 rings (SSSR count). The average molecular weight is 346 g/mol. The van der Waals surface area contributed by atoms with Crippen LogP contribution in [0, 0.1) is 0 Å². The summed E-state index contributed by atoms with van der Waals surface area (Å²) in [5, 5.41) is 4.21. The Balaban J connectivity index is 1.40. The second kappa shape index (κ2) is 7.04. The highest BCUT2D eigenvalue weighted by molar-refractivity contribution is 5.81. The van der Waals surface area contributed by atoms with Gasteiger partial charge in [0.1, 0.15) is 5.82 Å². The van der Waals surface area contributed by atoms with Gasteiger partial charge in [-0.1, -0.05) is 30.3 Å². The largest absolute Gasteiger partial charge is 0.349 e. The highest BCUT2D eigenvalue weighted by Gasteiger charge is 2.10. The standard InChI is InChI=1S/C21H22N4O/c1-2-25-19-10-6-4-8-17(19)23-20(25)15-22-21(26)12-14-24-13-11-16-7-3-5-9-18(16)24/h3-11,13H,2,12,14-15H2,1H3,(H,22,26). The van der Waals surface area contributed by atoms with Crippen LogP contribution in [0.2, 0.25) is 0 Å². The first-order chi connectivity index (χ1) is 12.8. The van der Waals surface area contributed by atoms with Crippen LogP contribution in [-0.2, 0) is 24.4 Å². The molecule has 132 valence electrons. The second-order valence-electron chi connectivity index (χ2n) is 6.36. The highest BCUT2D eigenvalue weighted by Crippen LogP contribution is 2.16. The van der Waals surface area contributed by atoms with Crippen molar-refractivity contribution in [3.63, 3.8) is 0 Å². The predicted molar refractivity (Wildman–Crippen MR) is 104 cm³/mol. The summed E-state index contributed by atoms with van der Waals surface area (Å²) in [6.45, 7) is 4.05. The van der Waals surface area contributed by atoms with Gasteiger partial charge in [0.25, 0.3) is 0 Å². The second-order valence-corrected chi connectivity index (χ2v) is 6.36. The number of imidazole rings is 1. The van der Waals surface area contributed by atoms with E-state index in [0.29, 0.717) is 19.5 Å². The van der Waals surface area contributed by atoms with Crippen LogP contribution in [0.3, 0.4) is 0 Å². The lowest BCUT2D eigenvalue weighted by Gasteiger charge is -2.09. The number of carbonyl (C=O) groups excluding carboxylic acids is 1. The molecule has 0 saturated carbocycles. The molecule has 1 amide bonds. The fraction of sp³-hybridized carbons (Fsp3) is 0.238. The summed E-state index contributed by atoms with van der Waals surface area (Å²) in [4.78, 5) is 17.0. The number of nitrogens with one attached hydrogen (secondary N) is 1. The van der Waals surface area contributed by atoms with Crippen molar-refractivity contribution in [3.8, 4) is 0 Å². The average Bonchev–Trinajstić information content (AvgIpc) is 3.25. The van der Waals surface area contributed by atoms with E-state index in [2.05, 4.69) is 50.6 Å². The highest BCUT2D eigenvalue weighted by atomic mass is 16.1. The van der Waals surface area contributed by atoms with Crippen LogP contribution in [0.5, 0.6) is 0 Å². The maximum atomic E-state index is 12.3. The molecular weight excluding hydrogens is 324 g/mol. The number of aromatic nitrogens is 3. The number of hydrogen-bond acceptors (Lipinski definition) is 2. The molecular formula is C21H22N4O. The molecule has 5 nitrogen and oxygen atoms in total. The van der Waals surface area contributed by atoms with Crippen molar-refractivity contribution in [1.29, 1.82) is 0 Å². The van der Waals surface area contributed by atoms with Crippen LogP contribution < -0.4 is 5.32 Å². The van der Waals surface area contributed by atoms with E-state index < -0.39 is 0 Å². The van der Waals surface area contributed by atoms with Gasteiger partial charge in [-0.05, 0) is 36.6 Å². The molecule has 0 atom stereocenters. The topological polar surface area (TPSA) is 51.9 Å². The molecule has 0 unspecified atom stereocenters. The van der Waals surface area contributed by atoms with E-state index in [9.17, 15) is 4.79 Å². The number of fused-ring (bicyclic) bond motifs is 2. The molecule has 5 heteroatoms. The minimum atomic E-state index is 0.0393. The minimum Gasteiger partial charge on any atom is -0.349 e. The van der Waals surface area contributed by atoms with E-state index in [4.69, 9.17) is 0 Å². The van der Waals surface area contributed by atoms with E-state index in [-0.39, 0.29) is 5.91 Å². The molecule has 0 fully saturated rings. The Bertz CT molecular complexity index is 1060. The summed E-state index contributed by atoms with van der Waals surface area (Å²) in [6, 6.07) is 18.4. The zero-order chi connectivity index (χ0) is 17.9. The number of aryl methyl sites for hydroxylation is 2. The molecule has 0 spiro atoms. The molecule has 0 aliphatic carbocycles. The van der Waals surface area contributed by atoms with Crippen LogP contribution in [0.25, 0.3) is 21.9 Å². The number of hydrogen-bond donors (Lipinski definition) is 1. The Kier molecular flexibility index (Phi) is 4.44. The molecule has 0 bridgehead atoms. The quantitative estimate of drug-likeness (QED) is 0.578. The number of rotatable bonds is 6. The van der Waals surface area contributed by atoms with Gasteiger partial charge >= 0.3 is 0 Å². The number of amides is 1. The van der Waals surface area contributed by atoms with Crippen molar-refractivity contribution in [2.75, 3.05) is 0 Å². The third-order valence-corrected chi connectivity index (χ3v) is 4.75. The van der Waals surface area contributed by atoms with Crippen molar-refractivity contribution < 1.29 is 4.79 Å². The first-order valence-electron chi connectivity index (χ1n) is 9.01. The maximum Gasteiger partial charge on any atom is 0.222 e. The zero-order valence-electron chi connectivity index (χ0n) is 14.9. The fourth-order valence-corrected chi connectivity index (χ4v) is 3.44. The van der Waals surface area contributed by atoms with Crippen LogP contribution >= 0.6 is 0 Å². The van der Waals surface area contributed by atoms with Crippen LogP contribution in [0.4, 0.5) is 0 Å². The lowest BCUT2D eigenvalue weighted by molar-refractivity contribution is -0.121. The molecule has 26 heavy (non-hydrogen) atoms. The monoisotopic (exact) mass is 346 g/mol. The number of nitrogens with zero attached hydrogens (tertiary/aromatic N) is 3. The van der Waals surface area contributed by atoms with Gasteiger partial charge in [-0.3, -0.25) is 4.79 Å². The summed E-state index contributed by atoms with van der Waals surface area (Å²) < 4.78 is 4.27. The minimum absolute atomic E-state index is 0.0393. The van der Waals surface area contributed by atoms with E-state index in [1.54, 1.807) is 0 Å². The van der Waals surface area contributed by atoms with Crippen LogP contribution in [-0.4, -0.2) is 20.0 Å². The Labute approximate surface area is 152 Å². The molecule has 2 heterocycles. The maximum absolute atomic E-state index is 12.3.